The van der Waals surface area contributed by atoms with E-state index in [-0.39, 0.29) is 16.9 Å². The SMILES string of the molecule is COc1ccc(N2C(=O)C(=O)/C(=C(/O)c3cc(C)c(OC)cc3C)C2c2ccccc2F)cc1. The van der Waals surface area contributed by atoms with Crippen LogP contribution in [0.15, 0.2) is 66.2 Å². The molecule has 0 aliphatic carbocycles. The molecule has 1 aliphatic rings. The average Bonchev–Trinajstić information content (AvgIpc) is 3.10. The summed E-state index contributed by atoms with van der Waals surface area (Å²) in [4.78, 5) is 27.7. The van der Waals surface area contributed by atoms with Crippen LogP contribution in [0, 0.1) is 19.7 Å². The van der Waals surface area contributed by atoms with Crippen LogP contribution in [0.3, 0.4) is 0 Å². The van der Waals surface area contributed by atoms with Gasteiger partial charge in [0.15, 0.2) is 0 Å². The number of nitrogens with zero attached hydrogens (tertiary/aromatic N) is 1. The Morgan fingerprint density at radius 1 is 0.941 bits per heavy atom. The summed E-state index contributed by atoms with van der Waals surface area (Å²) in [7, 11) is 3.06. The van der Waals surface area contributed by atoms with Gasteiger partial charge in [0.05, 0.1) is 25.8 Å². The van der Waals surface area contributed by atoms with Crippen LogP contribution >= 0.6 is 0 Å². The van der Waals surface area contributed by atoms with Crippen molar-refractivity contribution in [2.45, 2.75) is 19.9 Å². The van der Waals surface area contributed by atoms with Crippen LogP contribution in [0.25, 0.3) is 5.76 Å². The summed E-state index contributed by atoms with van der Waals surface area (Å²) < 4.78 is 25.5. The maximum absolute atomic E-state index is 15.0. The molecule has 6 nitrogen and oxygen atoms in total. The number of carbonyl (C=O) groups excluding carboxylic acids is 2. The number of aryl methyl sites for hydroxylation is 2. The van der Waals surface area contributed by atoms with Crippen molar-refractivity contribution in [2.75, 3.05) is 19.1 Å². The topological polar surface area (TPSA) is 76.1 Å². The number of amides is 1. The number of ether oxygens (including phenoxy) is 2. The molecule has 0 spiro atoms. The summed E-state index contributed by atoms with van der Waals surface area (Å²) >= 11 is 0. The van der Waals surface area contributed by atoms with Gasteiger partial charge >= 0.3 is 0 Å². The highest BCUT2D eigenvalue weighted by molar-refractivity contribution is 6.51. The Kier molecular flexibility index (Phi) is 6.11. The highest BCUT2D eigenvalue weighted by Gasteiger charge is 2.48. The van der Waals surface area contributed by atoms with E-state index < -0.39 is 23.5 Å². The largest absolute Gasteiger partial charge is 0.507 e. The molecule has 3 aromatic rings. The van der Waals surface area contributed by atoms with E-state index in [4.69, 9.17) is 9.47 Å². The molecule has 1 aliphatic heterocycles. The van der Waals surface area contributed by atoms with Crippen LogP contribution in [-0.4, -0.2) is 31.0 Å². The molecule has 1 fully saturated rings. The van der Waals surface area contributed by atoms with Crippen LogP contribution in [0.5, 0.6) is 11.5 Å². The Labute approximate surface area is 196 Å². The minimum Gasteiger partial charge on any atom is -0.507 e. The maximum atomic E-state index is 15.0. The second-order valence-electron chi connectivity index (χ2n) is 8.03. The van der Waals surface area contributed by atoms with Crippen molar-refractivity contribution in [3.63, 3.8) is 0 Å². The molecule has 4 rings (SSSR count). The van der Waals surface area contributed by atoms with E-state index in [1.54, 1.807) is 63.4 Å². The Balaban J connectivity index is 1.97. The lowest BCUT2D eigenvalue weighted by Gasteiger charge is -2.26. The Morgan fingerprint density at radius 2 is 1.62 bits per heavy atom. The van der Waals surface area contributed by atoms with Crippen LogP contribution in [0.1, 0.15) is 28.3 Å². The molecule has 0 radical (unpaired) electrons. The van der Waals surface area contributed by atoms with Gasteiger partial charge in [-0.2, -0.15) is 0 Å². The van der Waals surface area contributed by atoms with Crippen molar-refractivity contribution >= 4 is 23.1 Å². The lowest BCUT2D eigenvalue weighted by Crippen LogP contribution is -2.29. The molecule has 1 heterocycles. The second-order valence-corrected chi connectivity index (χ2v) is 8.03. The number of ketones is 1. The van der Waals surface area contributed by atoms with Gasteiger partial charge in [0.25, 0.3) is 11.7 Å². The quantitative estimate of drug-likeness (QED) is 0.326. The molecule has 174 valence electrons. The molecule has 7 heteroatoms. The van der Waals surface area contributed by atoms with Crippen LogP contribution < -0.4 is 14.4 Å². The first-order valence-electron chi connectivity index (χ1n) is 10.6. The third-order valence-corrected chi connectivity index (χ3v) is 5.99. The van der Waals surface area contributed by atoms with E-state index in [1.807, 2.05) is 0 Å². The number of methoxy groups -OCH3 is 2. The van der Waals surface area contributed by atoms with Crippen molar-refractivity contribution in [2.24, 2.45) is 0 Å². The molecule has 1 N–H and O–H groups in total. The third kappa shape index (κ3) is 3.79. The van der Waals surface area contributed by atoms with Gasteiger partial charge in [-0.3, -0.25) is 14.5 Å². The second kappa shape index (κ2) is 9.02. The van der Waals surface area contributed by atoms with Crippen LogP contribution in [0.4, 0.5) is 10.1 Å². The van der Waals surface area contributed by atoms with Crippen molar-refractivity contribution in [3.8, 4) is 11.5 Å². The number of aliphatic hydroxyl groups excluding tert-OH is 1. The standard InChI is InChI=1S/C27H24FNO5/c1-15-14-22(34-4)16(2)13-20(15)25(30)23-24(19-7-5-6-8-21(19)28)29(27(32)26(23)31)17-9-11-18(33-3)12-10-17/h5-14,24,30H,1-4H3/b25-23+. The molecule has 1 saturated heterocycles. The van der Waals surface area contributed by atoms with E-state index >= 15 is 0 Å². The van der Waals surface area contributed by atoms with Gasteiger partial charge < -0.3 is 14.6 Å². The van der Waals surface area contributed by atoms with E-state index in [0.717, 1.165) is 5.56 Å². The molecule has 0 saturated carbocycles. The zero-order valence-electron chi connectivity index (χ0n) is 19.3. The van der Waals surface area contributed by atoms with Crippen LogP contribution in [-0.2, 0) is 9.59 Å². The summed E-state index contributed by atoms with van der Waals surface area (Å²) in [5, 5.41) is 11.3. The lowest BCUT2D eigenvalue weighted by molar-refractivity contribution is -0.132. The Morgan fingerprint density at radius 3 is 2.24 bits per heavy atom. The van der Waals surface area contributed by atoms with Gasteiger partial charge in [-0.1, -0.05) is 18.2 Å². The van der Waals surface area contributed by atoms with Crippen molar-refractivity contribution in [3.05, 3.63) is 94.3 Å². The number of rotatable bonds is 5. The first-order chi connectivity index (χ1) is 16.3. The fourth-order valence-corrected chi connectivity index (χ4v) is 4.24. The number of carbonyl (C=O) groups is 2. The maximum Gasteiger partial charge on any atom is 0.300 e. The summed E-state index contributed by atoms with van der Waals surface area (Å²) in [6.45, 7) is 3.56. The fourth-order valence-electron chi connectivity index (χ4n) is 4.24. The van der Waals surface area contributed by atoms with Gasteiger partial charge in [0.2, 0.25) is 0 Å². The lowest BCUT2D eigenvalue weighted by atomic mass is 9.92. The average molecular weight is 461 g/mol. The highest BCUT2D eigenvalue weighted by atomic mass is 19.1. The fraction of sp³-hybridized carbons (Fsp3) is 0.185. The minimum absolute atomic E-state index is 0.0990. The monoisotopic (exact) mass is 461 g/mol. The number of Topliss-reactive ketones (excluding diaryl/α,β-unsaturated/α-hetero) is 1. The van der Waals surface area contributed by atoms with Gasteiger partial charge in [0.1, 0.15) is 23.1 Å². The molecule has 34 heavy (non-hydrogen) atoms. The van der Waals surface area contributed by atoms with Crippen molar-refractivity contribution in [1.29, 1.82) is 0 Å². The van der Waals surface area contributed by atoms with E-state index in [1.165, 1.54) is 30.2 Å². The zero-order chi connectivity index (χ0) is 24.6. The molecule has 1 atom stereocenters. The normalized spacial score (nSPS) is 17.2. The van der Waals surface area contributed by atoms with E-state index in [9.17, 15) is 19.1 Å². The van der Waals surface area contributed by atoms with Gasteiger partial charge in [-0.05, 0) is 67.4 Å². The Hall–Kier alpha value is -4.13. The smallest absolute Gasteiger partial charge is 0.300 e. The predicted octanol–water partition coefficient (Wildman–Crippen LogP) is 5.09. The molecular formula is C27H24FNO5. The van der Waals surface area contributed by atoms with E-state index in [0.29, 0.717) is 28.3 Å². The predicted molar refractivity (Wildman–Crippen MR) is 127 cm³/mol. The molecule has 0 bridgehead atoms. The molecule has 1 amide bonds. The number of halogens is 1. The number of aliphatic hydroxyl groups is 1. The first kappa shape index (κ1) is 23.0. The number of hydrogen-bond acceptors (Lipinski definition) is 5. The summed E-state index contributed by atoms with van der Waals surface area (Å²) in [6.07, 6.45) is 0. The van der Waals surface area contributed by atoms with Crippen LogP contribution in [0.2, 0.25) is 0 Å². The molecule has 3 aromatic carbocycles. The number of benzene rings is 3. The number of hydrogen-bond donors (Lipinski definition) is 1. The van der Waals surface area contributed by atoms with Gasteiger partial charge in [-0.15, -0.1) is 0 Å². The van der Waals surface area contributed by atoms with Gasteiger partial charge in [0, 0.05) is 16.8 Å². The van der Waals surface area contributed by atoms with E-state index in [2.05, 4.69) is 0 Å². The summed E-state index contributed by atoms with van der Waals surface area (Å²) in [5.74, 6) is -1.53. The van der Waals surface area contributed by atoms with Crippen molar-refractivity contribution < 1.29 is 28.6 Å². The zero-order valence-corrected chi connectivity index (χ0v) is 19.3. The molecule has 1 unspecified atom stereocenters. The molecule has 0 aromatic heterocycles. The minimum atomic E-state index is -1.16. The first-order valence-corrected chi connectivity index (χ1v) is 10.6. The third-order valence-electron chi connectivity index (χ3n) is 5.99. The summed E-state index contributed by atoms with van der Waals surface area (Å²) in [6, 6.07) is 14.7. The number of anilines is 1. The van der Waals surface area contributed by atoms with Crippen molar-refractivity contribution in [1.82, 2.24) is 0 Å². The molecular weight excluding hydrogens is 437 g/mol. The highest BCUT2D eigenvalue weighted by Crippen LogP contribution is 2.43. The van der Waals surface area contributed by atoms with Gasteiger partial charge in [-0.25, -0.2) is 4.39 Å². The Bertz CT molecular complexity index is 1310. The summed E-state index contributed by atoms with van der Waals surface area (Å²) in [5.41, 5.74) is 2.04.